The standard InChI is InChI=1S/C24H23FN6OS2/c1-4-30-23(20-6-5-11-33-20)28-29-24(30)34-14-21(32)27-22-19(12-26)15(2)16(3)31(22)13-17-7-9-18(25)10-8-17/h5-11H,4,13-14H2,1-3H3,(H,27,32). The highest BCUT2D eigenvalue weighted by atomic mass is 32.2. The molecule has 4 rings (SSSR count). The van der Waals surface area contributed by atoms with Gasteiger partial charge in [-0.1, -0.05) is 30.0 Å². The number of halogens is 1. The van der Waals surface area contributed by atoms with E-state index < -0.39 is 0 Å². The number of hydrogen-bond acceptors (Lipinski definition) is 6. The van der Waals surface area contributed by atoms with E-state index in [1.165, 1.54) is 23.9 Å². The first-order valence-corrected chi connectivity index (χ1v) is 12.5. The van der Waals surface area contributed by atoms with E-state index in [2.05, 4.69) is 21.6 Å². The molecule has 0 aliphatic rings. The summed E-state index contributed by atoms with van der Waals surface area (Å²) in [7, 11) is 0. The first kappa shape index (κ1) is 23.7. The third-order valence-electron chi connectivity index (χ3n) is 5.56. The lowest BCUT2D eigenvalue weighted by molar-refractivity contribution is -0.113. The minimum Gasteiger partial charge on any atom is -0.326 e. The number of rotatable bonds is 8. The summed E-state index contributed by atoms with van der Waals surface area (Å²) in [5.41, 5.74) is 2.97. The second-order valence-electron chi connectivity index (χ2n) is 7.62. The Kier molecular flexibility index (Phi) is 7.14. The summed E-state index contributed by atoms with van der Waals surface area (Å²) < 4.78 is 17.2. The predicted octanol–water partition coefficient (Wildman–Crippen LogP) is 5.23. The van der Waals surface area contributed by atoms with Crippen LogP contribution in [-0.4, -0.2) is 31.0 Å². The van der Waals surface area contributed by atoms with Crippen LogP contribution in [0, 0.1) is 31.0 Å². The van der Waals surface area contributed by atoms with E-state index >= 15 is 0 Å². The highest BCUT2D eigenvalue weighted by Crippen LogP contribution is 2.29. The number of amides is 1. The van der Waals surface area contributed by atoms with Gasteiger partial charge in [0.15, 0.2) is 11.0 Å². The number of aromatic nitrogens is 4. The molecule has 3 aromatic heterocycles. The largest absolute Gasteiger partial charge is 0.326 e. The summed E-state index contributed by atoms with van der Waals surface area (Å²) in [4.78, 5) is 13.9. The van der Waals surface area contributed by atoms with E-state index in [4.69, 9.17) is 0 Å². The molecule has 1 amide bonds. The van der Waals surface area contributed by atoms with Gasteiger partial charge in [-0.05, 0) is 55.5 Å². The van der Waals surface area contributed by atoms with Crippen LogP contribution in [0.5, 0.6) is 0 Å². The molecule has 0 spiro atoms. The number of carbonyl (C=O) groups is 1. The molecule has 7 nitrogen and oxygen atoms in total. The van der Waals surface area contributed by atoms with Gasteiger partial charge in [-0.3, -0.25) is 4.79 Å². The molecule has 4 aromatic rings. The number of nitriles is 1. The third kappa shape index (κ3) is 4.76. The van der Waals surface area contributed by atoms with Gasteiger partial charge in [0.05, 0.1) is 16.2 Å². The van der Waals surface area contributed by atoms with Gasteiger partial charge in [0.2, 0.25) is 5.91 Å². The van der Waals surface area contributed by atoms with E-state index in [1.54, 1.807) is 23.5 Å². The lowest BCUT2D eigenvalue weighted by atomic mass is 10.2. The van der Waals surface area contributed by atoms with Crippen LogP contribution in [-0.2, 0) is 17.9 Å². The fourth-order valence-electron chi connectivity index (χ4n) is 3.67. The molecule has 1 N–H and O–H groups in total. The molecule has 1 aromatic carbocycles. The van der Waals surface area contributed by atoms with E-state index in [0.717, 1.165) is 27.5 Å². The van der Waals surface area contributed by atoms with Crippen LogP contribution in [0.4, 0.5) is 10.2 Å². The van der Waals surface area contributed by atoms with Crippen LogP contribution in [0.3, 0.4) is 0 Å². The SMILES string of the molecule is CCn1c(SCC(=O)Nc2c(C#N)c(C)c(C)n2Cc2ccc(F)cc2)nnc1-c1cccs1. The van der Waals surface area contributed by atoms with Gasteiger partial charge in [-0.15, -0.1) is 21.5 Å². The summed E-state index contributed by atoms with van der Waals surface area (Å²) in [6.07, 6.45) is 0. The summed E-state index contributed by atoms with van der Waals surface area (Å²) in [5.74, 6) is 0.792. The summed E-state index contributed by atoms with van der Waals surface area (Å²) >= 11 is 2.89. The Morgan fingerprint density at radius 2 is 1.97 bits per heavy atom. The van der Waals surface area contributed by atoms with Crippen LogP contribution >= 0.6 is 23.1 Å². The second kappa shape index (κ2) is 10.2. The van der Waals surface area contributed by atoms with Crippen molar-refractivity contribution in [3.8, 4) is 16.8 Å². The first-order chi connectivity index (χ1) is 16.4. The monoisotopic (exact) mass is 494 g/mol. The minimum atomic E-state index is -0.311. The number of thioether (sulfide) groups is 1. The van der Waals surface area contributed by atoms with E-state index in [1.807, 2.05) is 47.4 Å². The van der Waals surface area contributed by atoms with Crippen molar-refractivity contribution in [1.82, 2.24) is 19.3 Å². The van der Waals surface area contributed by atoms with Crippen molar-refractivity contribution in [3.05, 3.63) is 70.0 Å². The van der Waals surface area contributed by atoms with Crippen molar-refractivity contribution < 1.29 is 9.18 Å². The summed E-state index contributed by atoms with van der Waals surface area (Å²) in [6, 6.07) is 12.4. The molecule has 10 heteroatoms. The van der Waals surface area contributed by atoms with Crippen LogP contribution in [0.25, 0.3) is 10.7 Å². The Balaban J connectivity index is 1.53. The molecule has 0 saturated carbocycles. The molecule has 0 saturated heterocycles. The van der Waals surface area contributed by atoms with Crippen LogP contribution < -0.4 is 5.32 Å². The number of nitrogens with one attached hydrogen (secondary N) is 1. The zero-order chi connectivity index (χ0) is 24.2. The van der Waals surface area contributed by atoms with Crippen molar-refractivity contribution in [2.24, 2.45) is 0 Å². The maximum atomic E-state index is 13.3. The fraction of sp³-hybridized carbons (Fsp3) is 0.250. The Labute approximate surface area is 205 Å². The van der Waals surface area contributed by atoms with Gasteiger partial charge in [-0.2, -0.15) is 5.26 Å². The zero-order valence-corrected chi connectivity index (χ0v) is 20.6. The molecule has 34 heavy (non-hydrogen) atoms. The smallest absolute Gasteiger partial charge is 0.235 e. The third-order valence-corrected chi connectivity index (χ3v) is 7.39. The number of benzene rings is 1. The molecule has 0 radical (unpaired) electrons. The van der Waals surface area contributed by atoms with Crippen molar-refractivity contribution in [1.29, 1.82) is 5.26 Å². The number of hydrogen-bond donors (Lipinski definition) is 1. The van der Waals surface area contributed by atoms with E-state index in [-0.39, 0.29) is 17.5 Å². The quantitative estimate of drug-likeness (QED) is 0.339. The Hall–Kier alpha value is -3.42. The van der Waals surface area contributed by atoms with Gasteiger partial charge in [0.1, 0.15) is 17.7 Å². The van der Waals surface area contributed by atoms with E-state index in [9.17, 15) is 14.4 Å². The first-order valence-electron chi connectivity index (χ1n) is 10.7. The number of nitrogens with zero attached hydrogens (tertiary/aromatic N) is 5. The van der Waals surface area contributed by atoms with Gasteiger partial charge < -0.3 is 14.5 Å². The van der Waals surface area contributed by atoms with Gasteiger partial charge in [0.25, 0.3) is 0 Å². The topological polar surface area (TPSA) is 88.5 Å². The molecular formula is C24H23FN6OS2. The summed E-state index contributed by atoms with van der Waals surface area (Å²) in [6.45, 7) is 6.86. The molecule has 0 bridgehead atoms. The number of thiophene rings is 1. The molecule has 0 aliphatic heterocycles. The van der Waals surface area contributed by atoms with Gasteiger partial charge in [0, 0.05) is 18.8 Å². The Morgan fingerprint density at radius 3 is 2.62 bits per heavy atom. The average Bonchev–Trinajstić information content (AvgIpc) is 3.55. The number of carbonyl (C=O) groups excluding carboxylic acids is 1. The van der Waals surface area contributed by atoms with Crippen LogP contribution in [0.2, 0.25) is 0 Å². The molecule has 0 aliphatic carbocycles. The zero-order valence-electron chi connectivity index (χ0n) is 19.0. The van der Waals surface area contributed by atoms with E-state index in [0.29, 0.717) is 29.6 Å². The van der Waals surface area contributed by atoms with Crippen molar-refractivity contribution >= 4 is 34.8 Å². The molecule has 0 unspecified atom stereocenters. The lowest BCUT2D eigenvalue weighted by Gasteiger charge is -2.13. The number of anilines is 1. The van der Waals surface area contributed by atoms with Crippen LogP contribution in [0.15, 0.2) is 46.9 Å². The highest BCUT2D eigenvalue weighted by molar-refractivity contribution is 7.99. The molecule has 0 atom stereocenters. The summed E-state index contributed by atoms with van der Waals surface area (Å²) in [5, 5.41) is 23.9. The molecular weight excluding hydrogens is 471 g/mol. The fourth-order valence-corrected chi connectivity index (χ4v) is 5.19. The average molecular weight is 495 g/mol. The highest BCUT2D eigenvalue weighted by Gasteiger charge is 2.21. The normalized spacial score (nSPS) is 10.9. The van der Waals surface area contributed by atoms with Crippen molar-refractivity contribution in [2.75, 3.05) is 11.1 Å². The second-order valence-corrected chi connectivity index (χ2v) is 9.51. The minimum absolute atomic E-state index is 0.118. The van der Waals surface area contributed by atoms with Gasteiger partial charge >= 0.3 is 0 Å². The Morgan fingerprint density at radius 1 is 1.21 bits per heavy atom. The molecule has 0 fully saturated rings. The molecule has 3 heterocycles. The maximum absolute atomic E-state index is 13.3. The lowest BCUT2D eigenvalue weighted by Crippen LogP contribution is -2.19. The van der Waals surface area contributed by atoms with Crippen molar-refractivity contribution in [2.45, 2.75) is 39.0 Å². The maximum Gasteiger partial charge on any atom is 0.235 e. The van der Waals surface area contributed by atoms with Crippen molar-refractivity contribution in [3.63, 3.8) is 0 Å². The molecule has 174 valence electrons. The van der Waals surface area contributed by atoms with Crippen LogP contribution in [0.1, 0.15) is 29.3 Å². The predicted molar refractivity (Wildman–Crippen MR) is 132 cm³/mol. The van der Waals surface area contributed by atoms with Gasteiger partial charge in [-0.25, -0.2) is 4.39 Å². The Bertz CT molecular complexity index is 1350.